The van der Waals surface area contributed by atoms with Gasteiger partial charge in [-0.05, 0) is 19.1 Å². The zero-order valence-electron chi connectivity index (χ0n) is 11.3. The first-order valence-corrected chi connectivity index (χ1v) is 6.89. The van der Waals surface area contributed by atoms with Crippen LogP contribution in [-0.2, 0) is 6.42 Å². The molecule has 106 valence electrons. The minimum absolute atomic E-state index is 0.289. The van der Waals surface area contributed by atoms with E-state index in [4.69, 9.17) is 14.6 Å². The second-order valence-corrected chi connectivity index (χ2v) is 5.16. The Hall–Kier alpha value is -2.08. The van der Waals surface area contributed by atoms with Gasteiger partial charge < -0.3 is 14.6 Å². The van der Waals surface area contributed by atoms with Crippen molar-refractivity contribution in [1.82, 2.24) is 4.98 Å². The molecule has 1 heterocycles. The van der Waals surface area contributed by atoms with Crippen molar-refractivity contribution < 1.29 is 19.4 Å². The molecule has 0 amide bonds. The molecule has 0 saturated heterocycles. The van der Waals surface area contributed by atoms with E-state index in [1.165, 1.54) is 11.3 Å². The number of aromatic nitrogens is 1. The van der Waals surface area contributed by atoms with Crippen LogP contribution in [0.3, 0.4) is 0 Å². The van der Waals surface area contributed by atoms with Gasteiger partial charge in [-0.2, -0.15) is 0 Å². The number of aromatic carboxylic acids is 1. The maximum Gasteiger partial charge on any atom is 0.347 e. The number of rotatable bonds is 6. The van der Waals surface area contributed by atoms with Crippen LogP contribution in [0.1, 0.15) is 20.4 Å². The Balaban J connectivity index is 1.96. The van der Waals surface area contributed by atoms with E-state index in [9.17, 15) is 4.79 Å². The number of carbonyl (C=O) groups is 1. The van der Waals surface area contributed by atoms with Gasteiger partial charge in [0.25, 0.3) is 0 Å². The molecule has 2 aromatic rings. The number of nitrogens with zero attached hydrogens (tertiary/aromatic N) is 1. The lowest BCUT2D eigenvalue weighted by Crippen LogP contribution is -2.02. The van der Waals surface area contributed by atoms with Crippen molar-refractivity contribution in [1.29, 1.82) is 0 Å². The molecule has 0 spiro atoms. The van der Waals surface area contributed by atoms with E-state index in [1.54, 1.807) is 14.0 Å². The Kier molecular flexibility index (Phi) is 4.57. The predicted molar refractivity (Wildman–Crippen MR) is 76.0 cm³/mol. The molecule has 0 radical (unpaired) electrons. The third-order valence-corrected chi connectivity index (χ3v) is 3.88. The number of hydrogen-bond donors (Lipinski definition) is 1. The average Bonchev–Trinajstić information content (AvgIpc) is 2.80. The summed E-state index contributed by atoms with van der Waals surface area (Å²) in [5, 5.41) is 9.73. The maximum atomic E-state index is 10.9. The van der Waals surface area contributed by atoms with E-state index in [0.29, 0.717) is 30.2 Å². The van der Waals surface area contributed by atoms with Crippen LogP contribution in [0, 0.1) is 6.92 Å². The fourth-order valence-corrected chi connectivity index (χ4v) is 2.63. The van der Waals surface area contributed by atoms with Crippen LogP contribution < -0.4 is 9.47 Å². The Morgan fingerprint density at radius 3 is 2.65 bits per heavy atom. The number of carboxylic acid groups (broad SMARTS) is 1. The number of para-hydroxylation sites is 2. The monoisotopic (exact) mass is 293 g/mol. The van der Waals surface area contributed by atoms with E-state index >= 15 is 0 Å². The van der Waals surface area contributed by atoms with E-state index < -0.39 is 5.97 Å². The summed E-state index contributed by atoms with van der Waals surface area (Å²) in [5.41, 5.74) is 0.551. The Morgan fingerprint density at radius 1 is 1.35 bits per heavy atom. The number of carboxylic acids is 1. The first kappa shape index (κ1) is 14.3. The van der Waals surface area contributed by atoms with Crippen molar-refractivity contribution in [3.63, 3.8) is 0 Å². The highest BCUT2D eigenvalue weighted by Gasteiger charge is 2.13. The van der Waals surface area contributed by atoms with Crippen LogP contribution in [0.2, 0.25) is 0 Å². The SMILES string of the molecule is COc1ccccc1OCCc1nc(C)c(C(=O)O)s1. The molecule has 0 aliphatic heterocycles. The molecule has 1 N–H and O–H groups in total. The minimum atomic E-state index is -0.933. The van der Waals surface area contributed by atoms with E-state index in [2.05, 4.69) is 4.98 Å². The van der Waals surface area contributed by atoms with Crippen molar-refractivity contribution in [3.05, 3.63) is 39.8 Å². The van der Waals surface area contributed by atoms with Crippen LogP contribution in [0.5, 0.6) is 11.5 Å². The Labute approximate surface area is 120 Å². The number of ether oxygens (including phenoxy) is 2. The fourth-order valence-electron chi connectivity index (χ4n) is 1.74. The van der Waals surface area contributed by atoms with E-state index in [-0.39, 0.29) is 4.88 Å². The third-order valence-electron chi connectivity index (χ3n) is 2.68. The van der Waals surface area contributed by atoms with E-state index in [1.807, 2.05) is 24.3 Å². The van der Waals surface area contributed by atoms with Gasteiger partial charge in [-0.1, -0.05) is 12.1 Å². The molecule has 1 aromatic carbocycles. The molecule has 0 atom stereocenters. The standard InChI is InChI=1S/C14H15NO4S/c1-9-13(14(16)17)20-12(15-9)7-8-19-11-6-4-3-5-10(11)18-2/h3-6H,7-8H2,1-2H3,(H,16,17). The van der Waals surface area contributed by atoms with Crippen LogP contribution in [0.15, 0.2) is 24.3 Å². The second kappa shape index (κ2) is 6.38. The summed E-state index contributed by atoms with van der Waals surface area (Å²) in [6, 6.07) is 7.39. The highest BCUT2D eigenvalue weighted by atomic mass is 32.1. The lowest BCUT2D eigenvalue weighted by molar-refractivity contribution is 0.0701. The Bertz CT molecular complexity index is 609. The van der Waals surface area contributed by atoms with Gasteiger partial charge in [0.2, 0.25) is 0 Å². The third kappa shape index (κ3) is 3.27. The first-order valence-electron chi connectivity index (χ1n) is 6.07. The number of hydrogen-bond acceptors (Lipinski definition) is 5. The van der Waals surface area contributed by atoms with Crippen molar-refractivity contribution in [2.24, 2.45) is 0 Å². The molecule has 0 unspecified atom stereocenters. The lowest BCUT2D eigenvalue weighted by Gasteiger charge is -2.09. The van der Waals surface area contributed by atoms with Crippen molar-refractivity contribution in [2.75, 3.05) is 13.7 Å². The molecule has 0 saturated carbocycles. The van der Waals surface area contributed by atoms with Crippen molar-refractivity contribution >= 4 is 17.3 Å². The van der Waals surface area contributed by atoms with Gasteiger partial charge in [-0.25, -0.2) is 9.78 Å². The van der Waals surface area contributed by atoms with E-state index in [0.717, 1.165) is 5.01 Å². The average molecular weight is 293 g/mol. The number of benzene rings is 1. The molecule has 0 fully saturated rings. The molecular weight excluding hydrogens is 278 g/mol. The summed E-state index contributed by atoms with van der Waals surface area (Å²) < 4.78 is 10.8. The van der Waals surface area contributed by atoms with Crippen molar-refractivity contribution in [2.45, 2.75) is 13.3 Å². The summed E-state index contributed by atoms with van der Waals surface area (Å²) in [6.45, 7) is 2.12. The summed E-state index contributed by atoms with van der Waals surface area (Å²) in [6.07, 6.45) is 0.566. The largest absolute Gasteiger partial charge is 0.493 e. The molecule has 20 heavy (non-hydrogen) atoms. The van der Waals surface area contributed by atoms with Crippen LogP contribution in [0.25, 0.3) is 0 Å². The molecule has 1 aromatic heterocycles. The summed E-state index contributed by atoms with van der Waals surface area (Å²) in [5.74, 6) is 0.410. The Morgan fingerprint density at radius 2 is 2.05 bits per heavy atom. The molecular formula is C14H15NO4S. The maximum absolute atomic E-state index is 10.9. The normalized spacial score (nSPS) is 10.3. The van der Waals surface area contributed by atoms with Gasteiger partial charge in [-0.15, -0.1) is 11.3 Å². The minimum Gasteiger partial charge on any atom is -0.493 e. The molecule has 2 rings (SSSR count). The zero-order valence-corrected chi connectivity index (χ0v) is 12.1. The van der Waals surface area contributed by atoms with Gasteiger partial charge >= 0.3 is 5.97 Å². The van der Waals surface area contributed by atoms with Gasteiger partial charge in [0.1, 0.15) is 4.88 Å². The zero-order chi connectivity index (χ0) is 14.5. The molecule has 5 nitrogen and oxygen atoms in total. The summed E-state index contributed by atoms with van der Waals surface area (Å²) in [4.78, 5) is 15.5. The quantitative estimate of drug-likeness (QED) is 0.887. The lowest BCUT2D eigenvalue weighted by atomic mass is 10.3. The van der Waals surface area contributed by atoms with Gasteiger partial charge in [0.15, 0.2) is 11.5 Å². The van der Waals surface area contributed by atoms with Crippen LogP contribution in [-0.4, -0.2) is 29.8 Å². The second-order valence-electron chi connectivity index (χ2n) is 4.08. The highest BCUT2D eigenvalue weighted by molar-refractivity contribution is 7.13. The molecule has 0 aliphatic carbocycles. The predicted octanol–water partition coefficient (Wildman–Crippen LogP) is 2.78. The summed E-state index contributed by atoms with van der Waals surface area (Å²) in [7, 11) is 1.59. The summed E-state index contributed by atoms with van der Waals surface area (Å²) >= 11 is 1.19. The van der Waals surface area contributed by atoms with Gasteiger partial charge in [0.05, 0.1) is 24.4 Å². The number of thiazole rings is 1. The molecule has 0 aliphatic rings. The number of aryl methyl sites for hydroxylation is 1. The molecule has 6 heteroatoms. The van der Waals surface area contributed by atoms with Crippen LogP contribution >= 0.6 is 11.3 Å². The van der Waals surface area contributed by atoms with Gasteiger partial charge in [-0.3, -0.25) is 0 Å². The van der Waals surface area contributed by atoms with Crippen LogP contribution in [0.4, 0.5) is 0 Å². The number of methoxy groups -OCH3 is 1. The molecule has 0 bridgehead atoms. The van der Waals surface area contributed by atoms with Gasteiger partial charge in [0, 0.05) is 6.42 Å². The fraction of sp³-hybridized carbons (Fsp3) is 0.286. The highest BCUT2D eigenvalue weighted by Crippen LogP contribution is 2.26. The first-order chi connectivity index (χ1) is 9.61. The van der Waals surface area contributed by atoms with Crippen molar-refractivity contribution in [3.8, 4) is 11.5 Å². The smallest absolute Gasteiger partial charge is 0.347 e. The topological polar surface area (TPSA) is 68.7 Å².